The zero-order chi connectivity index (χ0) is 28.7. The van der Waals surface area contributed by atoms with Crippen LogP contribution in [0.2, 0.25) is 10.0 Å². The van der Waals surface area contributed by atoms with Crippen molar-refractivity contribution in [1.29, 1.82) is 0 Å². The number of hydrogen-bond donors (Lipinski definition) is 1. The monoisotopic (exact) mass is 589 g/mol. The molecule has 0 fully saturated rings. The first kappa shape index (κ1) is 30.5. The number of rotatable bonds is 11. The van der Waals surface area contributed by atoms with E-state index < -0.39 is 28.5 Å². The molecule has 0 saturated heterocycles. The van der Waals surface area contributed by atoms with Gasteiger partial charge in [0.15, 0.2) is 0 Å². The molecule has 3 rings (SSSR count). The average molecular weight is 591 g/mol. The Morgan fingerprint density at radius 2 is 1.54 bits per heavy atom. The molecule has 0 aliphatic rings. The zero-order valence-electron chi connectivity index (χ0n) is 22.4. The Kier molecular flexibility index (Phi) is 10.4. The van der Waals surface area contributed by atoms with Gasteiger partial charge in [-0.1, -0.05) is 85.1 Å². The van der Waals surface area contributed by atoms with E-state index in [1.165, 1.54) is 35.2 Å². The summed E-state index contributed by atoms with van der Waals surface area (Å²) in [6, 6.07) is 18.9. The molecular weight excluding hydrogens is 557 g/mol. The molecule has 208 valence electrons. The molecule has 2 amide bonds. The number of amides is 2. The molecule has 1 atom stereocenters. The maximum Gasteiger partial charge on any atom is 0.264 e. The Labute approximate surface area is 240 Å². The fraction of sp³-hybridized carbons (Fsp3) is 0.310. The number of hydrogen-bond acceptors (Lipinski definition) is 4. The summed E-state index contributed by atoms with van der Waals surface area (Å²) in [5, 5.41) is 3.31. The topological polar surface area (TPSA) is 86.8 Å². The third kappa shape index (κ3) is 8.21. The molecular formula is C29H33Cl2N3O4S. The first-order chi connectivity index (χ1) is 18.4. The highest BCUT2D eigenvalue weighted by Crippen LogP contribution is 2.30. The Hall–Kier alpha value is -3.07. The number of carbonyl (C=O) groups is 2. The van der Waals surface area contributed by atoms with Crippen molar-refractivity contribution in [3.8, 4) is 0 Å². The molecule has 7 nitrogen and oxygen atoms in total. The molecule has 0 aliphatic carbocycles. The van der Waals surface area contributed by atoms with Crippen LogP contribution < -0.4 is 9.62 Å². The highest BCUT2D eigenvalue weighted by atomic mass is 35.5. The van der Waals surface area contributed by atoms with Gasteiger partial charge in [-0.15, -0.1) is 0 Å². The van der Waals surface area contributed by atoms with Crippen LogP contribution in [-0.2, 0) is 26.2 Å². The van der Waals surface area contributed by atoms with Gasteiger partial charge in [0.2, 0.25) is 11.8 Å². The lowest BCUT2D eigenvalue weighted by Crippen LogP contribution is -2.51. The van der Waals surface area contributed by atoms with Gasteiger partial charge in [0.05, 0.1) is 10.6 Å². The van der Waals surface area contributed by atoms with Crippen molar-refractivity contribution < 1.29 is 18.0 Å². The van der Waals surface area contributed by atoms with Gasteiger partial charge in [-0.3, -0.25) is 13.9 Å². The molecule has 1 N–H and O–H groups in total. The van der Waals surface area contributed by atoms with E-state index in [0.717, 1.165) is 15.4 Å². The predicted molar refractivity (Wildman–Crippen MR) is 156 cm³/mol. The largest absolute Gasteiger partial charge is 0.354 e. The standard InChI is InChI=1S/C29H33Cl2N3O4S/c1-20(2)17-32-29(36)22(4)33(18-23-10-8-9-21(3)13-23)28(35)19-34(26-15-24(30)14-25(31)16-26)39(37,38)27-11-6-5-7-12-27/h5-16,20,22H,17-19H2,1-4H3,(H,32,36). The van der Waals surface area contributed by atoms with Gasteiger partial charge >= 0.3 is 0 Å². The van der Waals surface area contributed by atoms with Crippen LogP contribution in [0.5, 0.6) is 0 Å². The van der Waals surface area contributed by atoms with Crippen molar-refractivity contribution in [3.63, 3.8) is 0 Å². The van der Waals surface area contributed by atoms with Gasteiger partial charge in [-0.25, -0.2) is 8.42 Å². The average Bonchev–Trinajstić information content (AvgIpc) is 2.88. The number of sulfonamides is 1. The third-order valence-corrected chi connectivity index (χ3v) is 8.26. The SMILES string of the molecule is Cc1cccc(CN(C(=O)CN(c2cc(Cl)cc(Cl)c2)S(=O)(=O)c2ccccc2)C(C)C(=O)NCC(C)C)c1. The van der Waals surface area contributed by atoms with Crippen LogP contribution in [-0.4, -0.2) is 44.3 Å². The smallest absolute Gasteiger partial charge is 0.264 e. The first-order valence-electron chi connectivity index (χ1n) is 12.5. The van der Waals surface area contributed by atoms with Crippen molar-refractivity contribution in [2.24, 2.45) is 5.92 Å². The van der Waals surface area contributed by atoms with E-state index in [0.29, 0.717) is 6.54 Å². The number of anilines is 1. The maximum atomic E-state index is 13.9. The molecule has 0 heterocycles. The van der Waals surface area contributed by atoms with Crippen molar-refractivity contribution in [2.45, 2.75) is 45.2 Å². The van der Waals surface area contributed by atoms with E-state index in [1.54, 1.807) is 25.1 Å². The number of nitrogens with one attached hydrogen (secondary N) is 1. The predicted octanol–water partition coefficient (Wildman–Crippen LogP) is 5.69. The van der Waals surface area contributed by atoms with Crippen molar-refractivity contribution in [3.05, 3.63) is 94.0 Å². The molecule has 3 aromatic carbocycles. The first-order valence-corrected chi connectivity index (χ1v) is 14.7. The summed E-state index contributed by atoms with van der Waals surface area (Å²) in [5.41, 5.74) is 1.95. The highest BCUT2D eigenvalue weighted by molar-refractivity contribution is 7.92. The minimum absolute atomic E-state index is 0.00172. The maximum absolute atomic E-state index is 13.9. The molecule has 1 unspecified atom stereocenters. The van der Waals surface area contributed by atoms with Crippen molar-refractivity contribution in [1.82, 2.24) is 10.2 Å². The van der Waals surface area contributed by atoms with Crippen LogP contribution in [0.25, 0.3) is 0 Å². The van der Waals surface area contributed by atoms with Gasteiger partial charge in [0, 0.05) is 23.1 Å². The number of aryl methyl sites for hydroxylation is 1. The normalized spacial score (nSPS) is 12.2. The second-order valence-electron chi connectivity index (χ2n) is 9.78. The summed E-state index contributed by atoms with van der Waals surface area (Å²) >= 11 is 12.4. The summed E-state index contributed by atoms with van der Waals surface area (Å²) in [5.74, 6) is -0.659. The Morgan fingerprint density at radius 3 is 2.13 bits per heavy atom. The Bertz CT molecular complexity index is 1390. The fourth-order valence-corrected chi connectivity index (χ4v) is 5.91. The van der Waals surface area contributed by atoms with E-state index in [-0.39, 0.29) is 39.0 Å². The van der Waals surface area contributed by atoms with Gasteiger partial charge in [-0.2, -0.15) is 0 Å². The van der Waals surface area contributed by atoms with Crippen LogP contribution in [0.4, 0.5) is 5.69 Å². The lowest BCUT2D eigenvalue weighted by Gasteiger charge is -2.32. The van der Waals surface area contributed by atoms with Crippen LogP contribution in [0.1, 0.15) is 31.9 Å². The van der Waals surface area contributed by atoms with Crippen LogP contribution in [0, 0.1) is 12.8 Å². The molecule has 10 heteroatoms. The second-order valence-corrected chi connectivity index (χ2v) is 12.5. The van der Waals surface area contributed by atoms with Gasteiger partial charge in [0.25, 0.3) is 10.0 Å². The summed E-state index contributed by atoms with van der Waals surface area (Å²) in [7, 11) is -4.20. The molecule has 0 saturated carbocycles. The molecule has 39 heavy (non-hydrogen) atoms. The minimum atomic E-state index is -4.20. The summed E-state index contributed by atoms with van der Waals surface area (Å²) in [6.07, 6.45) is 0. The second kappa shape index (κ2) is 13.3. The van der Waals surface area contributed by atoms with Crippen LogP contribution >= 0.6 is 23.2 Å². The van der Waals surface area contributed by atoms with Crippen molar-refractivity contribution >= 4 is 50.7 Å². The van der Waals surface area contributed by atoms with E-state index in [1.807, 2.05) is 45.0 Å². The molecule has 0 aliphatic heterocycles. The van der Waals surface area contributed by atoms with E-state index in [9.17, 15) is 18.0 Å². The Morgan fingerprint density at radius 1 is 0.897 bits per heavy atom. The summed E-state index contributed by atoms with van der Waals surface area (Å²) in [6.45, 7) is 7.52. The quantitative estimate of drug-likeness (QED) is 0.311. The number of nitrogens with zero attached hydrogens (tertiary/aromatic N) is 2. The molecule has 0 aromatic heterocycles. The van der Waals surface area contributed by atoms with E-state index in [2.05, 4.69) is 5.32 Å². The van der Waals surface area contributed by atoms with Crippen LogP contribution in [0.15, 0.2) is 77.7 Å². The lowest BCUT2D eigenvalue weighted by molar-refractivity contribution is -0.139. The minimum Gasteiger partial charge on any atom is -0.354 e. The molecule has 3 aromatic rings. The van der Waals surface area contributed by atoms with Crippen LogP contribution in [0.3, 0.4) is 0 Å². The number of halogens is 2. The molecule has 0 radical (unpaired) electrons. The van der Waals surface area contributed by atoms with Gasteiger partial charge in [-0.05, 0) is 55.7 Å². The van der Waals surface area contributed by atoms with E-state index in [4.69, 9.17) is 23.2 Å². The fourth-order valence-electron chi connectivity index (χ4n) is 3.97. The summed E-state index contributed by atoms with van der Waals surface area (Å²) in [4.78, 5) is 28.4. The third-order valence-electron chi connectivity index (χ3n) is 6.03. The molecule has 0 bridgehead atoms. The molecule has 0 spiro atoms. The van der Waals surface area contributed by atoms with E-state index >= 15 is 0 Å². The lowest BCUT2D eigenvalue weighted by atomic mass is 10.1. The Balaban J connectivity index is 2.03. The van der Waals surface area contributed by atoms with Crippen molar-refractivity contribution in [2.75, 3.05) is 17.4 Å². The number of carbonyl (C=O) groups excluding carboxylic acids is 2. The zero-order valence-corrected chi connectivity index (χ0v) is 24.7. The number of benzene rings is 3. The van der Waals surface area contributed by atoms with Gasteiger partial charge in [0.1, 0.15) is 12.6 Å². The van der Waals surface area contributed by atoms with Gasteiger partial charge < -0.3 is 10.2 Å². The summed E-state index contributed by atoms with van der Waals surface area (Å²) < 4.78 is 28.6. The highest BCUT2D eigenvalue weighted by Gasteiger charge is 2.32.